The van der Waals surface area contributed by atoms with Crippen LogP contribution in [0.5, 0.6) is 0 Å². The van der Waals surface area contributed by atoms with Gasteiger partial charge in [0, 0.05) is 29.3 Å². The van der Waals surface area contributed by atoms with E-state index in [-0.39, 0.29) is 17.6 Å². The molecule has 2 N–H and O–H groups in total. The van der Waals surface area contributed by atoms with Gasteiger partial charge in [0.05, 0.1) is 23.3 Å². The summed E-state index contributed by atoms with van der Waals surface area (Å²) in [5.41, 5.74) is 6.57. The lowest BCUT2D eigenvalue weighted by Crippen LogP contribution is -2.37. The Morgan fingerprint density at radius 3 is 2.56 bits per heavy atom. The number of hydrogen-bond acceptors (Lipinski definition) is 3. The minimum Gasteiger partial charge on any atom is -0.478 e. The first-order valence-electron chi connectivity index (χ1n) is 11.9. The van der Waals surface area contributed by atoms with Crippen LogP contribution in [-0.2, 0) is 0 Å². The number of carboxylic acids is 1. The Balaban J connectivity index is 1.65. The molecule has 1 aromatic carbocycles. The van der Waals surface area contributed by atoms with E-state index in [9.17, 15) is 9.90 Å². The summed E-state index contributed by atoms with van der Waals surface area (Å²) in [6, 6.07) is 14.0. The smallest absolute Gasteiger partial charge is 0.335 e. The van der Waals surface area contributed by atoms with Crippen LogP contribution in [0, 0.1) is 20.8 Å². The summed E-state index contributed by atoms with van der Waals surface area (Å²) in [5, 5.41) is 13.9. The van der Waals surface area contributed by atoms with Crippen LogP contribution in [0.15, 0.2) is 48.7 Å². The number of pyridine rings is 1. The Morgan fingerprint density at radius 1 is 1.12 bits per heavy atom. The average Bonchev–Trinajstić information content (AvgIpc) is 3.53. The first-order valence-corrected chi connectivity index (χ1v) is 12.3. The van der Waals surface area contributed by atoms with Gasteiger partial charge in [-0.05, 0) is 87.3 Å². The van der Waals surface area contributed by atoms with Crippen LogP contribution in [0.3, 0.4) is 0 Å². The van der Waals surface area contributed by atoms with Crippen molar-refractivity contribution < 1.29 is 9.90 Å². The molecule has 1 aliphatic carbocycles. The minimum absolute atomic E-state index is 0.0217. The summed E-state index contributed by atoms with van der Waals surface area (Å²) in [4.78, 5) is 18.7. The van der Waals surface area contributed by atoms with Crippen molar-refractivity contribution >= 4 is 23.3 Å². The standard InChI is InChI=1S/C27H30N4O2S/c1-16-11-12-19(26(32)33)15-23(16)30-17(2)14-21(18(30)3)25-24(22-10-6-7-13-28-22)29-27(34)31(25)20-8-4-5-9-20/h6-7,10-15,20,24-25H,4-5,8-9H2,1-3H3,(H,29,34)(H,32,33)/t24-,25+/m1/s1. The summed E-state index contributed by atoms with van der Waals surface area (Å²) in [6.07, 6.45) is 6.58. The van der Waals surface area contributed by atoms with Gasteiger partial charge in [-0.2, -0.15) is 0 Å². The number of thiocarbonyl (C=S) groups is 1. The topological polar surface area (TPSA) is 70.4 Å². The summed E-state index contributed by atoms with van der Waals surface area (Å²) in [6.45, 7) is 6.23. The summed E-state index contributed by atoms with van der Waals surface area (Å²) in [5.74, 6) is -0.920. The van der Waals surface area contributed by atoms with E-state index in [1.165, 1.54) is 18.4 Å². The van der Waals surface area contributed by atoms with Crippen molar-refractivity contribution in [1.82, 2.24) is 19.8 Å². The Labute approximate surface area is 205 Å². The molecule has 2 atom stereocenters. The maximum Gasteiger partial charge on any atom is 0.335 e. The fraction of sp³-hybridized carbons (Fsp3) is 0.370. The van der Waals surface area contributed by atoms with Crippen LogP contribution in [-0.4, -0.2) is 36.7 Å². The largest absolute Gasteiger partial charge is 0.478 e. The van der Waals surface area contributed by atoms with Gasteiger partial charge in [-0.15, -0.1) is 0 Å². The van der Waals surface area contributed by atoms with Gasteiger partial charge in [0.25, 0.3) is 0 Å². The molecule has 3 heterocycles. The molecule has 2 aliphatic rings. The average molecular weight is 475 g/mol. The number of nitrogens with one attached hydrogen (secondary N) is 1. The predicted octanol–water partition coefficient (Wildman–Crippen LogP) is 5.41. The fourth-order valence-electron chi connectivity index (χ4n) is 5.71. The molecule has 3 aromatic rings. The Kier molecular flexibility index (Phi) is 5.90. The number of nitrogens with zero attached hydrogens (tertiary/aromatic N) is 3. The number of carbonyl (C=O) groups is 1. The molecule has 0 unspecified atom stereocenters. The Hall–Kier alpha value is -3.19. The zero-order valence-electron chi connectivity index (χ0n) is 19.8. The van der Waals surface area contributed by atoms with E-state index >= 15 is 0 Å². The molecular formula is C27H30N4O2S. The number of aromatic carboxylic acids is 1. The second kappa shape index (κ2) is 8.87. The van der Waals surface area contributed by atoms with Crippen LogP contribution < -0.4 is 5.32 Å². The van der Waals surface area contributed by atoms with E-state index in [4.69, 9.17) is 12.2 Å². The van der Waals surface area contributed by atoms with Gasteiger partial charge in [0.2, 0.25) is 0 Å². The summed E-state index contributed by atoms with van der Waals surface area (Å²) >= 11 is 5.89. The van der Waals surface area contributed by atoms with Crippen LogP contribution in [0.4, 0.5) is 0 Å². The molecule has 34 heavy (non-hydrogen) atoms. The second-order valence-corrected chi connectivity index (χ2v) is 9.83. The van der Waals surface area contributed by atoms with Crippen LogP contribution in [0.25, 0.3) is 5.69 Å². The van der Waals surface area contributed by atoms with E-state index in [1.54, 1.807) is 12.1 Å². The number of rotatable bonds is 5. The maximum atomic E-state index is 11.7. The van der Waals surface area contributed by atoms with Gasteiger partial charge in [-0.1, -0.05) is 25.0 Å². The zero-order valence-corrected chi connectivity index (χ0v) is 20.6. The molecule has 2 fully saturated rings. The predicted molar refractivity (Wildman–Crippen MR) is 136 cm³/mol. The van der Waals surface area contributed by atoms with E-state index in [0.29, 0.717) is 6.04 Å². The molecule has 1 saturated carbocycles. The van der Waals surface area contributed by atoms with Gasteiger partial charge in [-0.3, -0.25) is 4.98 Å². The van der Waals surface area contributed by atoms with Gasteiger partial charge in [0.1, 0.15) is 0 Å². The molecular weight excluding hydrogens is 444 g/mol. The van der Waals surface area contributed by atoms with E-state index in [1.807, 2.05) is 31.3 Å². The van der Waals surface area contributed by atoms with Gasteiger partial charge < -0.3 is 19.9 Å². The third-order valence-corrected chi connectivity index (χ3v) is 7.67. The molecule has 6 nitrogen and oxygen atoms in total. The van der Waals surface area contributed by atoms with E-state index < -0.39 is 5.97 Å². The molecule has 0 bridgehead atoms. The fourth-order valence-corrected chi connectivity index (χ4v) is 6.10. The molecule has 1 aliphatic heterocycles. The Bertz CT molecular complexity index is 1250. The molecule has 7 heteroatoms. The third kappa shape index (κ3) is 3.78. The van der Waals surface area contributed by atoms with Crippen molar-refractivity contribution in [2.75, 3.05) is 0 Å². The molecule has 176 valence electrons. The SMILES string of the molecule is Cc1ccc(C(=O)O)cc1-n1c(C)cc([C@H]2[C@@H](c3ccccn3)NC(=S)N2C2CCCC2)c1C. The Morgan fingerprint density at radius 2 is 1.88 bits per heavy atom. The molecule has 1 saturated heterocycles. The quantitative estimate of drug-likeness (QED) is 0.482. The lowest BCUT2D eigenvalue weighted by Gasteiger charge is -2.33. The lowest BCUT2D eigenvalue weighted by molar-refractivity contribution is 0.0697. The molecule has 2 aromatic heterocycles. The third-order valence-electron chi connectivity index (χ3n) is 7.34. The monoisotopic (exact) mass is 474 g/mol. The number of benzene rings is 1. The molecule has 0 spiro atoms. The highest BCUT2D eigenvalue weighted by Gasteiger charge is 2.44. The summed E-state index contributed by atoms with van der Waals surface area (Å²) in [7, 11) is 0. The van der Waals surface area contributed by atoms with E-state index in [2.05, 4.69) is 45.7 Å². The van der Waals surface area contributed by atoms with Gasteiger partial charge >= 0.3 is 5.97 Å². The highest BCUT2D eigenvalue weighted by Crippen LogP contribution is 2.45. The van der Waals surface area contributed by atoms with Crippen LogP contribution >= 0.6 is 12.2 Å². The highest BCUT2D eigenvalue weighted by molar-refractivity contribution is 7.80. The highest BCUT2D eigenvalue weighted by atomic mass is 32.1. The number of aromatic nitrogens is 2. The number of carboxylic acid groups (broad SMARTS) is 1. The van der Waals surface area contributed by atoms with Crippen molar-refractivity contribution in [3.05, 3.63) is 82.4 Å². The number of hydrogen-bond donors (Lipinski definition) is 2. The van der Waals surface area contributed by atoms with Crippen molar-refractivity contribution in [3.63, 3.8) is 0 Å². The van der Waals surface area contributed by atoms with Gasteiger partial charge in [0.15, 0.2) is 5.11 Å². The van der Waals surface area contributed by atoms with E-state index in [0.717, 1.165) is 46.3 Å². The number of aryl methyl sites for hydroxylation is 2. The first kappa shape index (κ1) is 22.6. The van der Waals surface area contributed by atoms with Gasteiger partial charge in [-0.25, -0.2) is 4.79 Å². The first-order chi connectivity index (χ1) is 16.4. The zero-order chi connectivity index (χ0) is 24.0. The van der Waals surface area contributed by atoms with Crippen molar-refractivity contribution in [2.45, 2.75) is 64.6 Å². The second-order valence-electron chi connectivity index (χ2n) is 9.44. The molecule has 0 amide bonds. The van der Waals surface area contributed by atoms with Crippen molar-refractivity contribution in [3.8, 4) is 5.69 Å². The van der Waals surface area contributed by atoms with Crippen molar-refractivity contribution in [1.29, 1.82) is 0 Å². The van der Waals surface area contributed by atoms with Crippen LogP contribution in [0.2, 0.25) is 0 Å². The maximum absolute atomic E-state index is 11.7. The minimum atomic E-state index is -0.920. The summed E-state index contributed by atoms with van der Waals surface area (Å²) < 4.78 is 2.18. The lowest BCUT2D eigenvalue weighted by atomic mass is 9.95. The van der Waals surface area contributed by atoms with Crippen LogP contribution in [0.1, 0.15) is 76.3 Å². The normalized spacial score (nSPS) is 20.7. The van der Waals surface area contributed by atoms with Crippen molar-refractivity contribution in [2.24, 2.45) is 0 Å². The molecule has 5 rings (SSSR count). The molecule has 0 radical (unpaired) electrons.